The van der Waals surface area contributed by atoms with E-state index in [4.69, 9.17) is 5.73 Å². The highest BCUT2D eigenvalue weighted by molar-refractivity contribution is 9.10. The first kappa shape index (κ1) is 13.9. The number of nitrogens with zero attached hydrogens (tertiary/aromatic N) is 1. The molecule has 18 heavy (non-hydrogen) atoms. The summed E-state index contributed by atoms with van der Waals surface area (Å²) in [4.78, 5) is 2.58. The summed E-state index contributed by atoms with van der Waals surface area (Å²) in [5, 5.41) is 0. The molecule has 1 atom stereocenters. The van der Waals surface area contributed by atoms with Crippen LogP contribution in [0.1, 0.15) is 44.6 Å². The number of piperidine rings is 1. The molecule has 2 N–H and O–H groups in total. The third kappa shape index (κ3) is 3.07. The third-order valence-electron chi connectivity index (χ3n) is 3.84. The second kappa shape index (κ2) is 6.58. The monoisotopic (exact) mass is 310 g/mol. The molecular formula is C15H23BrN2. The predicted molar refractivity (Wildman–Crippen MR) is 81.9 cm³/mol. The van der Waals surface area contributed by atoms with Crippen LogP contribution < -0.4 is 10.6 Å². The molecule has 0 aliphatic carbocycles. The highest BCUT2D eigenvalue weighted by Gasteiger charge is 2.22. The lowest BCUT2D eigenvalue weighted by molar-refractivity contribution is 0.434. The Balaban J connectivity index is 2.19. The van der Waals surface area contributed by atoms with Gasteiger partial charge in [0.15, 0.2) is 0 Å². The van der Waals surface area contributed by atoms with Crippen molar-refractivity contribution in [2.45, 2.75) is 51.6 Å². The average molecular weight is 311 g/mol. The van der Waals surface area contributed by atoms with E-state index in [9.17, 15) is 0 Å². The summed E-state index contributed by atoms with van der Waals surface area (Å²) in [5.74, 6) is 0. The van der Waals surface area contributed by atoms with Gasteiger partial charge >= 0.3 is 0 Å². The molecule has 1 fully saturated rings. The molecule has 0 bridgehead atoms. The van der Waals surface area contributed by atoms with Crippen LogP contribution in [0.3, 0.4) is 0 Å². The van der Waals surface area contributed by atoms with Crippen molar-refractivity contribution < 1.29 is 0 Å². The van der Waals surface area contributed by atoms with Gasteiger partial charge in [0.25, 0.3) is 0 Å². The van der Waals surface area contributed by atoms with Crippen molar-refractivity contribution in [2.24, 2.45) is 5.73 Å². The zero-order chi connectivity index (χ0) is 13.0. The molecule has 1 saturated heterocycles. The molecule has 100 valence electrons. The first-order chi connectivity index (χ1) is 8.76. The van der Waals surface area contributed by atoms with Gasteiger partial charge in [-0.05, 0) is 43.4 Å². The Morgan fingerprint density at radius 1 is 1.39 bits per heavy atom. The van der Waals surface area contributed by atoms with Crippen LogP contribution >= 0.6 is 15.9 Å². The van der Waals surface area contributed by atoms with E-state index in [-0.39, 0.29) is 0 Å². The van der Waals surface area contributed by atoms with Gasteiger partial charge in [-0.15, -0.1) is 0 Å². The highest BCUT2D eigenvalue weighted by atomic mass is 79.9. The Labute approximate surface area is 119 Å². The number of halogens is 1. The molecule has 1 aromatic rings. The van der Waals surface area contributed by atoms with Crippen molar-refractivity contribution in [3.05, 3.63) is 28.2 Å². The SMILES string of the molecule is CCCC1CCCCN1c1ccc(CN)c(Br)c1. The van der Waals surface area contributed by atoms with Gasteiger partial charge in [-0.3, -0.25) is 0 Å². The van der Waals surface area contributed by atoms with Gasteiger partial charge in [0.2, 0.25) is 0 Å². The second-order valence-electron chi connectivity index (χ2n) is 5.11. The minimum Gasteiger partial charge on any atom is -0.369 e. The van der Waals surface area contributed by atoms with Crippen LogP contribution in [0.2, 0.25) is 0 Å². The van der Waals surface area contributed by atoms with Crippen LogP contribution in [0, 0.1) is 0 Å². The third-order valence-corrected chi connectivity index (χ3v) is 4.58. The van der Waals surface area contributed by atoms with Gasteiger partial charge in [-0.1, -0.05) is 35.3 Å². The Kier molecular flexibility index (Phi) is 5.07. The summed E-state index contributed by atoms with van der Waals surface area (Å²) < 4.78 is 1.14. The summed E-state index contributed by atoms with van der Waals surface area (Å²) in [7, 11) is 0. The van der Waals surface area contributed by atoms with Crippen molar-refractivity contribution in [2.75, 3.05) is 11.4 Å². The van der Waals surface area contributed by atoms with Crippen molar-refractivity contribution in [1.29, 1.82) is 0 Å². The van der Waals surface area contributed by atoms with Gasteiger partial charge in [0.1, 0.15) is 0 Å². The van der Waals surface area contributed by atoms with Crippen LogP contribution in [0.5, 0.6) is 0 Å². The molecular weight excluding hydrogens is 288 g/mol. The van der Waals surface area contributed by atoms with Crippen LogP contribution in [0.15, 0.2) is 22.7 Å². The van der Waals surface area contributed by atoms with E-state index in [0.717, 1.165) is 10.5 Å². The zero-order valence-electron chi connectivity index (χ0n) is 11.2. The largest absolute Gasteiger partial charge is 0.369 e. The molecule has 2 rings (SSSR count). The number of anilines is 1. The minimum absolute atomic E-state index is 0.596. The fraction of sp³-hybridized carbons (Fsp3) is 0.600. The van der Waals surface area contributed by atoms with E-state index in [1.54, 1.807) is 0 Å². The van der Waals surface area contributed by atoms with Crippen molar-refractivity contribution in [1.82, 2.24) is 0 Å². The summed E-state index contributed by atoms with van der Waals surface area (Å²) in [5.41, 5.74) is 8.24. The molecule has 1 unspecified atom stereocenters. The number of rotatable bonds is 4. The molecule has 1 aromatic carbocycles. The molecule has 0 aromatic heterocycles. The summed E-state index contributed by atoms with van der Waals surface area (Å²) in [6.45, 7) is 4.07. The van der Waals surface area contributed by atoms with Crippen molar-refractivity contribution in [3.63, 3.8) is 0 Å². The Hall–Kier alpha value is -0.540. The lowest BCUT2D eigenvalue weighted by atomic mass is 9.97. The van der Waals surface area contributed by atoms with E-state index in [1.807, 2.05) is 0 Å². The predicted octanol–water partition coefficient (Wildman–Crippen LogP) is 4.07. The van der Waals surface area contributed by atoms with Gasteiger partial charge in [-0.25, -0.2) is 0 Å². The van der Waals surface area contributed by atoms with Crippen molar-refractivity contribution in [3.8, 4) is 0 Å². The molecule has 1 heterocycles. The molecule has 2 nitrogen and oxygen atoms in total. The maximum Gasteiger partial charge on any atom is 0.0380 e. The standard InChI is InChI=1S/C15H23BrN2/c1-2-5-13-6-3-4-9-18(13)14-8-7-12(11-17)15(16)10-14/h7-8,10,13H,2-6,9,11,17H2,1H3. The van der Waals surface area contributed by atoms with Crippen LogP contribution in [0.25, 0.3) is 0 Å². The lowest BCUT2D eigenvalue weighted by Gasteiger charge is -2.38. The zero-order valence-corrected chi connectivity index (χ0v) is 12.7. The Bertz CT molecular complexity index is 390. The molecule has 0 saturated carbocycles. The van der Waals surface area contributed by atoms with Crippen molar-refractivity contribution >= 4 is 21.6 Å². The van der Waals surface area contributed by atoms with Gasteiger partial charge in [0, 0.05) is 29.3 Å². The van der Waals surface area contributed by atoms with E-state index in [1.165, 1.54) is 49.9 Å². The molecule has 0 radical (unpaired) electrons. The molecule has 0 amide bonds. The van der Waals surface area contributed by atoms with Crippen LogP contribution in [0.4, 0.5) is 5.69 Å². The topological polar surface area (TPSA) is 29.3 Å². The van der Waals surface area contributed by atoms with Gasteiger partial charge < -0.3 is 10.6 Å². The summed E-state index contributed by atoms with van der Waals surface area (Å²) in [6, 6.07) is 7.33. The average Bonchev–Trinajstić information content (AvgIpc) is 2.40. The van der Waals surface area contributed by atoms with Crippen LogP contribution in [-0.4, -0.2) is 12.6 Å². The maximum atomic E-state index is 5.71. The van der Waals surface area contributed by atoms with Crippen LogP contribution in [-0.2, 0) is 6.54 Å². The summed E-state index contributed by atoms with van der Waals surface area (Å²) >= 11 is 3.63. The smallest absolute Gasteiger partial charge is 0.0380 e. The number of hydrogen-bond acceptors (Lipinski definition) is 2. The number of benzene rings is 1. The Morgan fingerprint density at radius 3 is 2.89 bits per heavy atom. The first-order valence-corrected chi connectivity index (χ1v) is 7.80. The van der Waals surface area contributed by atoms with E-state index >= 15 is 0 Å². The lowest BCUT2D eigenvalue weighted by Crippen LogP contribution is -2.39. The molecule has 0 spiro atoms. The van der Waals surface area contributed by atoms with E-state index in [0.29, 0.717) is 6.54 Å². The summed E-state index contributed by atoms with van der Waals surface area (Å²) in [6.07, 6.45) is 6.60. The fourth-order valence-corrected chi connectivity index (χ4v) is 3.38. The fourth-order valence-electron chi connectivity index (χ4n) is 2.85. The van der Waals surface area contributed by atoms with Gasteiger partial charge in [-0.2, -0.15) is 0 Å². The second-order valence-corrected chi connectivity index (χ2v) is 5.97. The van der Waals surface area contributed by atoms with E-state index < -0.39 is 0 Å². The maximum absolute atomic E-state index is 5.71. The first-order valence-electron chi connectivity index (χ1n) is 7.01. The van der Waals surface area contributed by atoms with Gasteiger partial charge in [0.05, 0.1) is 0 Å². The minimum atomic E-state index is 0.596. The highest BCUT2D eigenvalue weighted by Crippen LogP contribution is 2.30. The van der Waals surface area contributed by atoms with E-state index in [2.05, 4.69) is 46.0 Å². The molecule has 3 heteroatoms. The molecule has 1 aliphatic heterocycles. The Morgan fingerprint density at radius 2 is 2.22 bits per heavy atom. The quantitative estimate of drug-likeness (QED) is 0.908. The molecule has 1 aliphatic rings. The number of hydrogen-bond donors (Lipinski definition) is 1. The number of nitrogens with two attached hydrogens (primary N) is 1. The normalized spacial score (nSPS) is 20.2.